The second-order valence-electron chi connectivity index (χ2n) is 9.06. The summed E-state index contributed by atoms with van der Waals surface area (Å²) in [5, 5.41) is 0.404. The first-order valence-corrected chi connectivity index (χ1v) is 13.8. The average molecular weight is 582 g/mol. The van der Waals surface area contributed by atoms with Crippen LogP contribution in [-0.4, -0.2) is 59.1 Å². The normalized spacial score (nSPS) is 14.3. The lowest BCUT2D eigenvalue weighted by atomic mass is 10.1. The molecule has 0 bridgehead atoms. The fourth-order valence-corrected chi connectivity index (χ4v) is 6.13. The van der Waals surface area contributed by atoms with Crippen molar-refractivity contribution in [2.75, 3.05) is 49.0 Å². The summed E-state index contributed by atoms with van der Waals surface area (Å²) >= 11 is 6.01. The van der Waals surface area contributed by atoms with Gasteiger partial charge in [0.2, 0.25) is 5.91 Å². The molecular weight excluding hydrogens is 555 g/mol. The van der Waals surface area contributed by atoms with Gasteiger partial charge in [-0.2, -0.15) is 13.2 Å². The van der Waals surface area contributed by atoms with Gasteiger partial charge >= 0.3 is 6.18 Å². The van der Waals surface area contributed by atoms with Crippen LogP contribution in [0, 0.1) is 6.92 Å². The Morgan fingerprint density at radius 1 is 1.00 bits per heavy atom. The number of aryl methyl sites for hydroxylation is 1. The Morgan fingerprint density at radius 2 is 1.67 bits per heavy atom. The number of alkyl halides is 3. The Labute approximate surface area is 230 Å². The first kappa shape index (κ1) is 28.6. The zero-order valence-corrected chi connectivity index (χ0v) is 22.9. The number of benzene rings is 3. The lowest BCUT2D eigenvalue weighted by Gasteiger charge is -2.37. The topological polar surface area (TPSA) is 70.2 Å². The molecule has 12 heteroatoms. The van der Waals surface area contributed by atoms with Gasteiger partial charge in [0.25, 0.3) is 10.0 Å². The Balaban J connectivity index is 1.56. The molecule has 0 radical (unpaired) electrons. The van der Waals surface area contributed by atoms with E-state index >= 15 is 0 Å². The molecule has 1 heterocycles. The molecule has 0 saturated carbocycles. The summed E-state index contributed by atoms with van der Waals surface area (Å²) in [6, 6.07) is 15.9. The molecule has 208 valence electrons. The minimum absolute atomic E-state index is 0.0814. The fourth-order valence-electron chi connectivity index (χ4n) is 4.34. The SMILES string of the molecule is COc1ccc(C)cc1S(=O)(=O)N(CC(=O)N1CCN(c2cccc(C(F)(F)F)c2)CC1)c1ccc(Cl)cc1. The van der Waals surface area contributed by atoms with Gasteiger partial charge in [0, 0.05) is 36.9 Å². The van der Waals surface area contributed by atoms with Crippen LogP contribution in [0.5, 0.6) is 5.75 Å². The van der Waals surface area contributed by atoms with E-state index in [4.69, 9.17) is 16.3 Å². The summed E-state index contributed by atoms with van der Waals surface area (Å²) in [6.07, 6.45) is -4.45. The third-order valence-electron chi connectivity index (χ3n) is 6.45. The number of nitrogens with zero attached hydrogens (tertiary/aromatic N) is 3. The standard InChI is InChI=1S/C27H27ClF3N3O4S/c1-19-6-11-24(38-2)25(16-19)39(36,37)34(22-9-7-21(28)8-10-22)18-26(35)33-14-12-32(13-15-33)23-5-3-4-20(17-23)27(29,30)31/h3-11,16-17H,12-15,18H2,1-2H3. The van der Waals surface area contributed by atoms with Gasteiger partial charge in [0.05, 0.1) is 18.4 Å². The third-order valence-corrected chi connectivity index (χ3v) is 8.50. The highest BCUT2D eigenvalue weighted by molar-refractivity contribution is 7.93. The molecule has 0 aromatic heterocycles. The van der Waals surface area contributed by atoms with Crippen LogP contribution in [0.2, 0.25) is 5.02 Å². The number of hydrogen-bond acceptors (Lipinski definition) is 5. The van der Waals surface area contributed by atoms with E-state index in [1.54, 1.807) is 30.0 Å². The predicted octanol–water partition coefficient (Wildman–Crippen LogP) is 5.22. The first-order valence-electron chi connectivity index (χ1n) is 12.0. The van der Waals surface area contributed by atoms with E-state index in [0.717, 1.165) is 16.4 Å². The highest BCUT2D eigenvalue weighted by Gasteiger charge is 2.33. The minimum atomic E-state index is -4.45. The lowest BCUT2D eigenvalue weighted by Crippen LogP contribution is -2.52. The van der Waals surface area contributed by atoms with Crippen molar-refractivity contribution in [3.05, 3.63) is 82.9 Å². The van der Waals surface area contributed by atoms with Crippen molar-refractivity contribution >= 4 is 38.9 Å². The zero-order valence-electron chi connectivity index (χ0n) is 21.3. The summed E-state index contributed by atoms with van der Waals surface area (Å²) in [5.74, 6) is -0.300. The molecule has 0 spiro atoms. The largest absolute Gasteiger partial charge is 0.495 e. The summed E-state index contributed by atoms with van der Waals surface area (Å²) < 4.78 is 73.4. The molecule has 0 N–H and O–H groups in total. The number of carbonyl (C=O) groups is 1. The summed E-state index contributed by atoms with van der Waals surface area (Å²) in [4.78, 5) is 16.6. The molecule has 1 saturated heterocycles. The highest BCUT2D eigenvalue weighted by Crippen LogP contribution is 2.33. The molecule has 0 atom stereocenters. The summed E-state index contributed by atoms with van der Waals surface area (Å²) in [5.41, 5.74) is 0.615. The van der Waals surface area contributed by atoms with Gasteiger partial charge in [-0.1, -0.05) is 23.7 Å². The van der Waals surface area contributed by atoms with Gasteiger partial charge in [0.15, 0.2) is 0 Å². The van der Waals surface area contributed by atoms with E-state index in [9.17, 15) is 26.4 Å². The third kappa shape index (κ3) is 6.42. The molecule has 1 amide bonds. The quantitative estimate of drug-likeness (QED) is 0.383. The minimum Gasteiger partial charge on any atom is -0.495 e. The van der Waals surface area contributed by atoms with Crippen LogP contribution < -0.4 is 13.9 Å². The number of ether oxygens (including phenoxy) is 1. The number of amides is 1. The van der Waals surface area contributed by atoms with Gasteiger partial charge < -0.3 is 14.5 Å². The van der Waals surface area contributed by atoms with E-state index in [1.165, 1.54) is 48.4 Å². The smallest absolute Gasteiger partial charge is 0.416 e. The monoisotopic (exact) mass is 581 g/mol. The van der Waals surface area contributed by atoms with Crippen molar-refractivity contribution in [3.63, 3.8) is 0 Å². The van der Waals surface area contributed by atoms with Crippen LogP contribution in [0.4, 0.5) is 24.5 Å². The molecule has 7 nitrogen and oxygen atoms in total. The van der Waals surface area contributed by atoms with Crippen molar-refractivity contribution in [3.8, 4) is 5.75 Å². The molecule has 1 aliphatic rings. The van der Waals surface area contributed by atoms with Gasteiger partial charge in [-0.3, -0.25) is 9.10 Å². The van der Waals surface area contributed by atoms with Gasteiger partial charge in [-0.15, -0.1) is 0 Å². The van der Waals surface area contributed by atoms with Crippen LogP contribution in [0.15, 0.2) is 71.6 Å². The molecule has 4 rings (SSSR count). The Bertz CT molecular complexity index is 1440. The Kier molecular flexibility index (Phi) is 8.31. The number of carbonyl (C=O) groups excluding carboxylic acids is 1. The number of piperazine rings is 1. The number of methoxy groups -OCH3 is 1. The maximum atomic E-state index is 13.9. The fraction of sp³-hybridized carbons (Fsp3) is 0.296. The van der Waals surface area contributed by atoms with Crippen LogP contribution in [-0.2, 0) is 21.0 Å². The molecule has 39 heavy (non-hydrogen) atoms. The van der Waals surface area contributed by atoms with Crippen molar-refractivity contribution < 1.29 is 31.1 Å². The van der Waals surface area contributed by atoms with Crippen molar-refractivity contribution in [1.29, 1.82) is 0 Å². The number of rotatable bonds is 7. The number of sulfonamides is 1. The molecule has 3 aromatic rings. The van der Waals surface area contributed by atoms with E-state index in [2.05, 4.69) is 0 Å². The molecule has 0 unspecified atom stereocenters. The van der Waals surface area contributed by atoms with Crippen LogP contribution >= 0.6 is 11.6 Å². The predicted molar refractivity (Wildman–Crippen MR) is 144 cm³/mol. The number of hydrogen-bond donors (Lipinski definition) is 0. The molecule has 1 aliphatic heterocycles. The van der Waals surface area contributed by atoms with E-state index < -0.39 is 34.2 Å². The van der Waals surface area contributed by atoms with Crippen LogP contribution in [0.1, 0.15) is 11.1 Å². The average Bonchev–Trinajstić information content (AvgIpc) is 2.92. The molecular formula is C27H27ClF3N3O4S. The van der Waals surface area contributed by atoms with E-state index in [1.807, 2.05) is 0 Å². The van der Waals surface area contributed by atoms with Crippen LogP contribution in [0.3, 0.4) is 0 Å². The zero-order chi connectivity index (χ0) is 28.4. The Hall–Kier alpha value is -3.44. The first-order chi connectivity index (χ1) is 18.4. The molecule has 1 fully saturated rings. The van der Waals surface area contributed by atoms with E-state index in [-0.39, 0.29) is 29.4 Å². The van der Waals surface area contributed by atoms with E-state index in [0.29, 0.717) is 29.4 Å². The van der Waals surface area contributed by atoms with Gasteiger partial charge in [0.1, 0.15) is 17.2 Å². The maximum Gasteiger partial charge on any atom is 0.416 e. The Morgan fingerprint density at radius 3 is 2.28 bits per heavy atom. The number of halogens is 4. The van der Waals surface area contributed by atoms with Crippen molar-refractivity contribution in [2.24, 2.45) is 0 Å². The molecule has 0 aliphatic carbocycles. The van der Waals surface area contributed by atoms with Gasteiger partial charge in [-0.05, 0) is 67.1 Å². The second kappa shape index (κ2) is 11.4. The number of anilines is 2. The second-order valence-corrected chi connectivity index (χ2v) is 11.3. The van der Waals surface area contributed by atoms with Crippen molar-refractivity contribution in [1.82, 2.24) is 4.90 Å². The summed E-state index contributed by atoms with van der Waals surface area (Å²) in [6.45, 7) is 2.30. The highest BCUT2D eigenvalue weighted by atomic mass is 35.5. The summed E-state index contributed by atoms with van der Waals surface area (Å²) in [7, 11) is -2.87. The molecule has 3 aromatic carbocycles. The maximum absolute atomic E-state index is 13.9. The lowest BCUT2D eigenvalue weighted by molar-refractivity contribution is -0.137. The van der Waals surface area contributed by atoms with Crippen LogP contribution in [0.25, 0.3) is 0 Å². The van der Waals surface area contributed by atoms with Crippen molar-refractivity contribution in [2.45, 2.75) is 18.0 Å². The van der Waals surface area contributed by atoms with Gasteiger partial charge in [-0.25, -0.2) is 8.42 Å².